The van der Waals surface area contributed by atoms with Gasteiger partial charge in [0.05, 0.1) is 4.53 Å². The lowest BCUT2D eigenvalue weighted by Gasteiger charge is -1.97. The average molecular weight is 347 g/mol. The molecule has 0 saturated carbocycles. The summed E-state index contributed by atoms with van der Waals surface area (Å²) in [4.78, 5) is 13.5. The molecule has 0 saturated heterocycles. The van der Waals surface area contributed by atoms with Crippen molar-refractivity contribution in [2.45, 2.75) is 20.3 Å². The maximum Gasteiger partial charge on any atom is 0.276 e. The second-order valence-electron chi connectivity index (χ2n) is 6.02. The molecule has 0 bridgehead atoms. The Labute approximate surface area is 149 Å². The lowest BCUT2D eigenvalue weighted by atomic mass is 10.1. The molecule has 4 rings (SSSR count). The van der Waals surface area contributed by atoms with Crippen molar-refractivity contribution < 1.29 is 0 Å². The normalized spacial score (nSPS) is 12.2. The van der Waals surface area contributed by atoms with Gasteiger partial charge in [-0.15, -0.1) is 10.2 Å². The van der Waals surface area contributed by atoms with Crippen molar-refractivity contribution in [3.63, 3.8) is 0 Å². The summed E-state index contributed by atoms with van der Waals surface area (Å²) >= 11 is 1.37. The van der Waals surface area contributed by atoms with Crippen molar-refractivity contribution in [3.05, 3.63) is 80.1 Å². The molecule has 0 spiro atoms. The Morgan fingerprint density at radius 1 is 1.04 bits per heavy atom. The van der Waals surface area contributed by atoms with Crippen LogP contribution in [0.4, 0.5) is 0 Å². The summed E-state index contributed by atoms with van der Waals surface area (Å²) in [6, 6.07) is 16.2. The molecular weight excluding hydrogens is 330 g/mol. The minimum atomic E-state index is -0.0693. The van der Waals surface area contributed by atoms with Crippen LogP contribution in [-0.4, -0.2) is 14.6 Å². The summed E-state index contributed by atoms with van der Waals surface area (Å²) < 4.78 is 2.27. The summed E-state index contributed by atoms with van der Waals surface area (Å²) in [5.41, 5.74) is 4.30. The van der Waals surface area contributed by atoms with Gasteiger partial charge in [0, 0.05) is 5.56 Å². The van der Waals surface area contributed by atoms with Crippen molar-refractivity contribution in [1.29, 1.82) is 0 Å². The fourth-order valence-electron chi connectivity index (χ4n) is 2.75. The van der Waals surface area contributed by atoms with Crippen LogP contribution in [0.15, 0.2) is 53.3 Å². The smallest absolute Gasteiger partial charge is 0.267 e. The molecule has 4 aromatic rings. The number of hydrogen-bond acceptors (Lipinski definition) is 4. The quantitative estimate of drug-likeness (QED) is 0.572. The SMILES string of the molecule is CCc1ccc(/C=c2/sc3nnc(-c4ccc(C)cc4)n3c2=O)cc1. The molecule has 5 heteroatoms. The molecule has 2 heterocycles. The number of fused-ring (bicyclic) bond motifs is 1. The standard InChI is InChI=1S/C20H17N3OS/c1-3-14-6-8-15(9-7-14)12-17-19(24)23-18(21-22-20(23)25-17)16-10-4-13(2)5-11-16/h4-12H,3H2,1-2H3/b17-12+. The van der Waals surface area contributed by atoms with Gasteiger partial charge in [0.15, 0.2) is 5.82 Å². The number of rotatable bonds is 3. The van der Waals surface area contributed by atoms with Gasteiger partial charge >= 0.3 is 0 Å². The molecule has 0 aliphatic heterocycles. The molecule has 2 aromatic heterocycles. The van der Waals surface area contributed by atoms with E-state index in [1.165, 1.54) is 22.5 Å². The Balaban J connectivity index is 1.84. The van der Waals surface area contributed by atoms with Crippen LogP contribution in [0.1, 0.15) is 23.6 Å². The first-order valence-corrected chi connectivity index (χ1v) is 9.03. The Morgan fingerprint density at radius 2 is 1.76 bits per heavy atom. The van der Waals surface area contributed by atoms with Crippen LogP contribution in [0.2, 0.25) is 0 Å². The van der Waals surface area contributed by atoms with Gasteiger partial charge in [0.25, 0.3) is 5.56 Å². The molecular formula is C20H17N3OS. The van der Waals surface area contributed by atoms with Crippen LogP contribution in [0.25, 0.3) is 22.4 Å². The number of aromatic nitrogens is 3. The maximum absolute atomic E-state index is 12.8. The molecule has 0 unspecified atom stereocenters. The predicted octanol–water partition coefficient (Wildman–Crippen LogP) is 3.24. The molecule has 124 valence electrons. The Morgan fingerprint density at radius 3 is 2.44 bits per heavy atom. The van der Waals surface area contributed by atoms with Crippen LogP contribution >= 0.6 is 11.3 Å². The summed E-state index contributed by atoms with van der Waals surface area (Å²) in [5.74, 6) is 0.595. The fraction of sp³-hybridized carbons (Fsp3) is 0.150. The van der Waals surface area contributed by atoms with Crippen molar-refractivity contribution in [2.75, 3.05) is 0 Å². The van der Waals surface area contributed by atoms with Gasteiger partial charge in [-0.05, 0) is 30.5 Å². The molecule has 0 N–H and O–H groups in total. The second-order valence-corrected chi connectivity index (χ2v) is 7.03. The zero-order valence-corrected chi connectivity index (χ0v) is 14.9. The number of hydrogen-bond donors (Lipinski definition) is 0. The summed E-state index contributed by atoms with van der Waals surface area (Å²) in [6.45, 7) is 4.16. The van der Waals surface area contributed by atoms with E-state index in [1.807, 2.05) is 49.4 Å². The van der Waals surface area contributed by atoms with Crippen LogP contribution in [0.3, 0.4) is 0 Å². The molecule has 4 nitrogen and oxygen atoms in total. The lowest BCUT2D eigenvalue weighted by Crippen LogP contribution is -2.23. The highest BCUT2D eigenvalue weighted by Gasteiger charge is 2.13. The van der Waals surface area contributed by atoms with E-state index in [9.17, 15) is 4.79 Å². The summed E-state index contributed by atoms with van der Waals surface area (Å²) in [6.07, 6.45) is 2.92. The van der Waals surface area contributed by atoms with Crippen LogP contribution < -0.4 is 10.1 Å². The Bertz CT molecular complexity index is 1140. The van der Waals surface area contributed by atoms with E-state index in [0.29, 0.717) is 15.3 Å². The summed E-state index contributed by atoms with van der Waals surface area (Å²) in [5, 5.41) is 8.38. The Hall–Kier alpha value is -2.79. The first-order valence-electron chi connectivity index (χ1n) is 8.21. The zero-order valence-electron chi connectivity index (χ0n) is 14.1. The molecule has 0 amide bonds. The molecule has 0 aliphatic rings. The van der Waals surface area contributed by atoms with E-state index < -0.39 is 0 Å². The number of thiazole rings is 1. The van der Waals surface area contributed by atoms with E-state index in [1.54, 1.807) is 4.40 Å². The molecule has 0 aliphatic carbocycles. The van der Waals surface area contributed by atoms with Gasteiger partial charge in [-0.3, -0.25) is 4.79 Å². The third kappa shape index (κ3) is 2.87. The van der Waals surface area contributed by atoms with Gasteiger partial charge < -0.3 is 0 Å². The van der Waals surface area contributed by atoms with Crippen LogP contribution in [0.5, 0.6) is 0 Å². The van der Waals surface area contributed by atoms with E-state index in [4.69, 9.17) is 0 Å². The number of benzene rings is 2. The van der Waals surface area contributed by atoms with E-state index in [-0.39, 0.29) is 5.56 Å². The molecule has 0 fully saturated rings. The molecule has 25 heavy (non-hydrogen) atoms. The highest BCUT2D eigenvalue weighted by Crippen LogP contribution is 2.18. The molecule has 0 radical (unpaired) electrons. The van der Waals surface area contributed by atoms with Gasteiger partial charge in [0.1, 0.15) is 0 Å². The van der Waals surface area contributed by atoms with Gasteiger partial charge in [-0.2, -0.15) is 0 Å². The molecule has 2 aromatic carbocycles. The first-order chi connectivity index (χ1) is 12.2. The summed E-state index contributed by atoms with van der Waals surface area (Å²) in [7, 11) is 0. The second kappa shape index (κ2) is 6.26. The molecule has 0 atom stereocenters. The van der Waals surface area contributed by atoms with Crippen molar-refractivity contribution >= 4 is 22.4 Å². The largest absolute Gasteiger partial charge is 0.276 e. The number of aryl methyl sites for hydroxylation is 2. The van der Waals surface area contributed by atoms with Crippen molar-refractivity contribution in [2.24, 2.45) is 0 Å². The average Bonchev–Trinajstić information content (AvgIpc) is 3.17. The van der Waals surface area contributed by atoms with Gasteiger partial charge in [0.2, 0.25) is 4.96 Å². The minimum Gasteiger partial charge on any atom is -0.267 e. The van der Waals surface area contributed by atoms with Crippen LogP contribution in [0, 0.1) is 6.92 Å². The van der Waals surface area contributed by atoms with E-state index >= 15 is 0 Å². The van der Waals surface area contributed by atoms with Gasteiger partial charge in [-0.25, -0.2) is 4.40 Å². The minimum absolute atomic E-state index is 0.0693. The zero-order chi connectivity index (χ0) is 17.4. The van der Waals surface area contributed by atoms with Crippen molar-refractivity contribution in [1.82, 2.24) is 14.6 Å². The Kier molecular flexibility index (Phi) is 3.93. The van der Waals surface area contributed by atoms with Gasteiger partial charge in [-0.1, -0.05) is 72.4 Å². The third-order valence-corrected chi connectivity index (χ3v) is 5.20. The van der Waals surface area contributed by atoms with Crippen LogP contribution in [-0.2, 0) is 6.42 Å². The lowest BCUT2D eigenvalue weighted by molar-refractivity contribution is 1.09. The highest BCUT2D eigenvalue weighted by molar-refractivity contribution is 7.15. The van der Waals surface area contributed by atoms with Crippen molar-refractivity contribution in [3.8, 4) is 11.4 Å². The first kappa shape index (κ1) is 15.7. The number of nitrogens with zero attached hydrogens (tertiary/aromatic N) is 3. The maximum atomic E-state index is 12.8. The monoisotopic (exact) mass is 347 g/mol. The topological polar surface area (TPSA) is 47.3 Å². The fourth-order valence-corrected chi connectivity index (χ4v) is 3.67. The van der Waals surface area contributed by atoms with E-state index in [0.717, 1.165) is 17.5 Å². The highest BCUT2D eigenvalue weighted by atomic mass is 32.1. The third-order valence-electron chi connectivity index (χ3n) is 4.24. The predicted molar refractivity (Wildman–Crippen MR) is 102 cm³/mol. The van der Waals surface area contributed by atoms with E-state index in [2.05, 4.69) is 29.3 Å².